The molecular weight excluding hydrogens is 450 g/mol. The van der Waals surface area contributed by atoms with Crippen LogP contribution in [-0.4, -0.2) is 27.4 Å². The number of carbonyl (C=O) groups excluding carboxylic acids is 1. The summed E-state index contributed by atoms with van der Waals surface area (Å²) in [5, 5.41) is 11.7. The molecule has 1 aromatic heterocycles. The molecule has 34 heavy (non-hydrogen) atoms. The Morgan fingerprint density at radius 2 is 1.88 bits per heavy atom. The van der Waals surface area contributed by atoms with E-state index in [1.165, 1.54) is 23.9 Å². The number of aryl methyl sites for hydroxylation is 2. The lowest BCUT2D eigenvalue weighted by molar-refractivity contribution is -0.384. The van der Waals surface area contributed by atoms with Crippen LogP contribution in [0.3, 0.4) is 0 Å². The maximum atomic E-state index is 13.2. The number of benzene rings is 2. The summed E-state index contributed by atoms with van der Waals surface area (Å²) >= 11 is 1.34. The molecule has 0 aliphatic carbocycles. The van der Waals surface area contributed by atoms with Gasteiger partial charge in [0.05, 0.1) is 15.5 Å². The van der Waals surface area contributed by atoms with Gasteiger partial charge < -0.3 is 4.42 Å². The Morgan fingerprint density at radius 1 is 1.12 bits per heavy atom. The second-order valence-electron chi connectivity index (χ2n) is 8.11. The van der Waals surface area contributed by atoms with Crippen LogP contribution < -0.4 is 0 Å². The van der Waals surface area contributed by atoms with Crippen LogP contribution in [0.1, 0.15) is 36.7 Å². The quantitative estimate of drug-likeness (QED) is 0.211. The van der Waals surface area contributed by atoms with E-state index in [0.29, 0.717) is 28.1 Å². The van der Waals surface area contributed by atoms with Gasteiger partial charge in [0.1, 0.15) is 11.5 Å². The fraction of sp³-hybridized carbons (Fsp3) is 0.231. The van der Waals surface area contributed by atoms with Crippen molar-refractivity contribution in [2.75, 3.05) is 6.54 Å². The Kier molecular flexibility index (Phi) is 6.98. The molecule has 2 aromatic carbocycles. The molecule has 1 aliphatic rings. The Balaban J connectivity index is 1.61. The lowest BCUT2D eigenvalue weighted by atomic mass is 10.1. The zero-order chi connectivity index (χ0) is 24.2. The fourth-order valence-corrected chi connectivity index (χ4v) is 4.58. The van der Waals surface area contributed by atoms with E-state index in [4.69, 9.17) is 9.41 Å². The highest BCUT2D eigenvalue weighted by Crippen LogP contribution is 2.36. The third-order valence-electron chi connectivity index (χ3n) is 5.47. The fourth-order valence-electron chi connectivity index (χ4n) is 3.58. The van der Waals surface area contributed by atoms with Crippen LogP contribution in [0, 0.1) is 24.0 Å². The Morgan fingerprint density at radius 3 is 2.56 bits per heavy atom. The van der Waals surface area contributed by atoms with Gasteiger partial charge in [-0.25, -0.2) is 4.99 Å². The average molecular weight is 476 g/mol. The van der Waals surface area contributed by atoms with Crippen molar-refractivity contribution in [3.8, 4) is 11.3 Å². The molecule has 8 heteroatoms. The van der Waals surface area contributed by atoms with Gasteiger partial charge in [-0.15, -0.1) is 0 Å². The Bertz CT molecular complexity index is 1290. The van der Waals surface area contributed by atoms with E-state index < -0.39 is 4.92 Å². The second-order valence-corrected chi connectivity index (χ2v) is 9.12. The minimum Gasteiger partial charge on any atom is -0.457 e. The van der Waals surface area contributed by atoms with Crippen molar-refractivity contribution in [2.45, 2.75) is 33.6 Å². The third-order valence-corrected chi connectivity index (χ3v) is 6.48. The van der Waals surface area contributed by atoms with Gasteiger partial charge in [0, 0.05) is 30.3 Å². The number of carbonyl (C=O) groups is 1. The standard InChI is InChI=1S/C26H25N3O4S/c1-4-5-14-28-25(30)24(34-26(28)27-19-8-6-17(2)7-9-19)16-21-11-13-23(33-21)22-12-10-20(29(31)32)15-18(22)3/h6-13,15-16H,4-5,14H2,1-3H3/b24-16+,27-26?. The minimum atomic E-state index is -0.419. The normalized spacial score (nSPS) is 16.1. The summed E-state index contributed by atoms with van der Waals surface area (Å²) in [6.07, 6.45) is 3.59. The summed E-state index contributed by atoms with van der Waals surface area (Å²) in [5.41, 5.74) is 3.51. The lowest BCUT2D eigenvalue weighted by Crippen LogP contribution is -2.30. The highest BCUT2D eigenvalue weighted by molar-refractivity contribution is 8.18. The molecule has 1 amide bonds. The monoisotopic (exact) mass is 475 g/mol. The summed E-state index contributed by atoms with van der Waals surface area (Å²) in [7, 11) is 0. The zero-order valence-electron chi connectivity index (χ0n) is 19.3. The number of hydrogen-bond acceptors (Lipinski definition) is 6. The van der Waals surface area contributed by atoms with Gasteiger partial charge in [-0.2, -0.15) is 0 Å². The molecule has 3 aromatic rings. The molecule has 0 radical (unpaired) electrons. The van der Waals surface area contributed by atoms with Crippen molar-refractivity contribution >= 4 is 40.3 Å². The molecule has 0 atom stereocenters. The average Bonchev–Trinajstić information content (AvgIpc) is 3.38. The number of nitro benzene ring substituents is 1. The van der Waals surface area contributed by atoms with E-state index in [1.807, 2.05) is 31.2 Å². The van der Waals surface area contributed by atoms with Crippen molar-refractivity contribution in [3.05, 3.63) is 86.5 Å². The van der Waals surface area contributed by atoms with Crippen LogP contribution in [-0.2, 0) is 4.79 Å². The molecule has 1 saturated heterocycles. The number of hydrogen-bond donors (Lipinski definition) is 0. The van der Waals surface area contributed by atoms with E-state index in [1.54, 1.807) is 36.1 Å². The molecule has 0 N–H and O–H groups in total. The highest BCUT2D eigenvalue weighted by atomic mass is 32.2. The van der Waals surface area contributed by atoms with Crippen LogP contribution in [0.15, 0.2) is 68.9 Å². The van der Waals surface area contributed by atoms with Gasteiger partial charge in [-0.1, -0.05) is 31.0 Å². The molecule has 0 spiro atoms. The first-order valence-electron chi connectivity index (χ1n) is 11.1. The molecule has 0 saturated carbocycles. The number of amides is 1. The van der Waals surface area contributed by atoms with E-state index >= 15 is 0 Å². The molecule has 174 valence electrons. The largest absolute Gasteiger partial charge is 0.457 e. The van der Waals surface area contributed by atoms with Crippen LogP contribution in [0.25, 0.3) is 17.4 Å². The molecule has 0 bridgehead atoms. The van der Waals surface area contributed by atoms with E-state index in [2.05, 4.69) is 6.92 Å². The van der Waals surface area contributed by atoms with Crippen molar-refractivity contribution in [1.29, 1.82) is 0 Å². The topological polar surface area (TPSA) is 89.0 Å². The maximum Gasteiger partial charge on any atom is 0.269 e. The number of thioether (sulfide) groups is 1. The predicted octanol–water partition coefficient (Wildman–Crippen LogP) is 6.88. The molecule has 4 rings (SSSR count). The first-order chi connectivity index (χ1) is 16.4. The number of nitrogens with zero attached hydrogens (tertiary/aromatic N) is 3. The number of amidine groups is 1. The minimum absolute atomic E-state index is 0.0377. The number of aliphatic imine (C=N–C) groups is 1. The third kappa shape index (κ3) is 5.12. The van der Waals surface area contributed by atoms with E-state index in [0.717, 1.165) is 35.2 Å². The number of rotatable bonds is 7. The molecule has 7 nitrogen and oxygen atoms in total. The number of nitro groups is 1. The van der Waals surface area contributed by atoms with Gasteiger partial charge in [0.2, 0.25) is 0 Å². The van der Waals surface area contributed by atoms with Crippen molar-refractivity contribution in [2.24, 2.45) is 4.99 Å². The number of unbranched alkanes of at least 4 members (excludes halogenated alkanes) is 1. The van der Waals surface area contributed by atoms with Crippen molar-refractivity contribution < 1.29 is 14.1 Å². The summed E-state index contributed by atoms with van der Waals surface area (Å²) in [4.78, 5) is 30.7. The van der Waals surface area contributed by atoms with Gasteiger partial charge in [0.25, 0.3) is 11.6 Å². The second kappa shape index (κ2) is 10.1. The predicted molar refractivity (Wildman–Crippen MR) is 136 cm³/mol. The zero-order valence-corrected chi connectivity index (χ0v) is 20.1. The molecule has 1 fully saturated rings. The smallest absolute Gasteiger partial charge is 0.269 e. The Hall–Kier alpha value is -3.65. The van der Waals surface area contributed by atoms with E-state index in [9.17, 15) is 14.9 Å². The number of furan rings is 1. The summed E-state index contributed by atoms with van der Waals surface area (Å²) in [5.74, 6) is 1.04. The first kappa shape index (κ1) is 23.5. The molecule has 2 heterocycles. The first-order valence-corrected chi connectivity index (χ1v) is 11.9. The maximum absolute atomic E-state index is 13.2. The van der Waals surface area contributed by atoms with Crippen LogP contribution in [0.2, 0.25) is 0 Å². The lowest BCUT2D eigenvalue weighted by Gasteiger charge is -2.14. The van der Waals surface area contributed by atoms with Gasteiger partial charge in [-0.05, 0) is 67.9 Å². The van der Waals surface area contributed by atoms with Crippen molar-refractivity contribution in [3.63, 3.8) is 0 Å². The summed E-state index contributed by atoms with van der Waals surface area (Å²) in [6.45, 7) is 6.52. The van der Waals surface area contributed by atoms with Crippen LogP contribution in [0.5, 0.6) is 0 Å². The van der Waals surface area contributed by atoms with Crippen molar-refractivity contribution in [1.82, 2.24) is 4.90 Å². The summed E-state index contributed by atoms with van der Waals surface area (Å²) < 4.78 is 5.97. The van der Waals surface area contributed by atoms with Gasteiger partial charge in [-0.3, -0.25) is 19.8 Å². The highest BCUT2D eigenvalue weighted by Gasteiger charge is 2.33. The molecule has 1 aliphatic heterocycles. The Labute approximate surface area is 202 Å². The SMILES string of the molecule is CCCCN1C(=O)/C(=C\c2ccc(-c3ccc([N+](=O)[O-])cc3C)o2)SC1=Nc1ccc(C)cc1. The molecular formula is C26H25N3O4S. The summed E-state index contributed by atoms with van der Waals surface area (Å²) in [6, 6.07) is 16.1. The number of non-ortho nitro benzene ring substituents is 1. The van der Waals surface area contributed by atoms with Crippen LogP contribution in [0.4, 0.5) is 11.4 Å². The van der Waals surface area contributed by atoms with Gasteiger partial charge in [0.15, 0.2) is 5.17 Å². The molecule has 0 unspecified atom stereocenters. The van der Waals surface area contributed by atoms with Crippen LogP contribution >= 0.6 is 11.8 Å². The van der Waals surface area contributed by atoms with Gasteiger partial charge >= 0.3 is 0 Å². The van der Waals surface area contributed by atoms with E-state index in [-0.39, 0.29) is 11.6 Å².